The fourth-order valence-corrected chi connectivity index (χ4v) is 4.02. The number of aryl methyl sites for hydroxylation is 2. The second-order valence-corrected chi connectivity index (χ2v) is 7.58. The van der Waals surface area contributed by atoms with Crippen LogP contribution >= 0.6 is 0 Å². The number of para-hydroxylation sites is 1. The third-order valence-electron chi connectivity index (χ3n) is 3.75. The van der Waals surface area contributed by atoms with Gasteiger partial charge in [-0.2, -0.15) is 0 Å². The zero-order valence-electron chi connectivity index (χ0n) is 13.6. The second kappa shape index (κ2) is 6.49. The lowest BCUT2D eigenvalue weighted by atomic mass is 10.2. The summed E-state index contributed by atoms with van der Waals surface area (Å²) < 4.78 is 31.4. The molecule has 0 unspecified atom stereocenters. The Morgan fingerprint density at radius 1 is 0.750 bits per heavy atom. The molecule has 0 aliphatic heterocycles. The topological polar surface area (TPSA) is 43.4 Å². The number of benzene rings is 3. The quantitative estimate of drug-likeness (QED) is 0.677. The van der Waals surface area contributed by atoms with Crippen LogP contribution in [0.5, 0.6) is 11.5 Å². The van der Waals surface area contributed by atoms with Crippen molar-refractivity contribution in [3.8, 4) is 11.5 Å². The zero-order valence-corrected chi connectivity index (χ0v) is 14.4. The molecule has 0 aliphatic carbocycles. The molecule has 3 aromatic rings. The largest absolute Gasteiger partial charge is 0.457 e. The minimum absolute atomic E-state index is 0.261. The number of rotatable bonds is 4. The molecular formula is C20H18O3S. The average molecular weight is 338 g/mol. The van der Waals surface area contributed by atoms with E-state index in [0.29, 0.717) is 16.4 Å². The van der Waals surface area contributed by atoms with Crippen LogP contribution in [0.15, 0.2) is 82.6 Å². The highest BCUT2D eigenvalue weighted by Gasteiger charge is 2.20. The first kappa shape index (κ1) is 16.3. The van der Waals surface area contributed by atoms with Crippen molar-refractivity contribution in [1.29, 1.82) is 0 Å². The summed E-state index contributed by atoms with van der Waals surface area (Å²) >= 11 is 0. The average Bonchev–Trinajstić information content (AvgIpc) is 2.58. The van der Waals surface area contributed by atoms with Crippen LogP contribution in [-0.4, -0.2) is 8.42 Å². The Morgan fingerprint density at radius 2 is 1.38 bits per heavy atom. The highest BCUT2D eigenvalue weighted by atomic mass is 32.2. The molecule has 0 saturated heterocycles. The molecule has 4 heteroatoms. The lowest BCUT2D eigenvalue weighted by Gasteiger charge is -2.10. The Hall–Kier alpha value is -2.59. The maximum absolute atomic E-state index is 12.8. The van der Waals surface area contributed by atoms with Crippen LogP contribution in [0.3, 0.4) is 0 Å². The van der Waals surface area contributed by atoms with Gasteiger partial charge in [0.05, 0.1) is 9.79 Å². The standard InChI is InChI=1S/C20H18O3S/c1-15-8-9-16(2)20(14-15)24(21,22)19-12-10-18(11-13-19)23-17-6-4-3-5-7-17/h3-14H,1-2H3. The summed E-state index contributed by atoms with van der Waals surface area (Å²) in [5.74, 6) is 1.31. The van der Waals surface area contributed by atoms with Crippen molar-refractivity contribution in [2.24, 2.45) is 0 Å². The lowest BCUT2D eigenvalue weighted by Crippen LogP contribution is -2.04. The molecule has 0 aromatic heterocycles. The van der Waals surface area contributed by atoms with E-state index in [1.165, 1.54) is 0 Å². The van der Waals surface area contributed by atoms with Gasteiger partial charge in [-0.15, -0.1) is 0 Å². The Kier molecular flexibility index (Phi) is 4.40. The van der Waals surface area contributed by atoms with E-state index >= 15 is 0 Å². The Balaban J connectivity index is 1.91. The maximum atomic E-state index is 12.8. The molecule has 0 heterocycles. The molecule has 0 saturated carbocycles. The zero-order chi connectivity index (χ0) is 17.2. The number of hydrogen-bond donors (Lipinski definition) is 0. The third kappa shape index (κ3) is 3.34. The van der Waals surface area contributed by atoms with E-state index in [-0.39, 0.29) is 4.90 Å². The molecule has 3 nitrogen and oxygen atoms in total. The van der Waals surface area contributed by atoms with Crippen molar-refractivity contribution < 1.29 is 13.2 Å². The van der Waals surface area contributed by atoms with Crippen LogP contribution in [0, 0.1) is 13.8 Å². The van der Waals surface area contributed by atoms with E-state index in [0.717, 1.165) is 11.1 Å². The Labute approximate surface area is 142 Å². The van der Waals surface area contributed by atoms with E-state index in [4.69, 9.17) is 4.74 Å². The number of ether oxygens (including phenoxy) is 1. The van der Waals surface area contributed by atoms with Gasteiger partial charge in [0.15, 0.2) is 0 Å². The van der Waals surface area contributed by atoms with Gasteiger partial charge < -0.3 is 4.74 Å². The SMILES string of the molecule is Cc1ccc(C)c(S(=O)(=O)c2ccc(Oc3ccccc3)cc2)c1. The molecule has 0 fully saturated rings. The molecule has 0 N–H and O–H groups in total. The summed E-state index contributed by atoms with van der Waals surface area (Å²) in [6, 6.07) is 21.3. The predicted octanol–water partition coefficient (Wildman–Crippen LogP) is 4.93. The van der Waals surface area contributed by atoms with Crippen LogP contribution in [0.4, 0.5) is 0 Å². The second-order valence-electron chi connectivity index (χ2n) is 5.66. The summed E-state index contributed by atoms with van der Waals surface area (Å²) in [7, 11) is -3.54. The van der Waals surface area contributed by atoms with Gasteiger partial charge in [0.1, 0.15) is 11.5 Å². The molecule has 0 bridgehead atoms. The minimum atomic E-state index is -3.54. The molecule has 0 atom stereocenters. The fraction of sp³-hybridized carbons (Fsp3) is 0.100. The van der Waals surface area contributed by atoms with Gasteiger partial charge in [0.25, 0.3) is 0 Å². The normalized spacial score (nSPS) is 11.2. The summed E-state index contributed by atoms with van der Waals surface area (Å²) in [6.07, 6.45) is 0. The lowest BCUT2D eigenvalue weighted by molar-refractivity contribution is 0.482. The molecule has 0 spiro atoms. The molecule has 3 rings (SSSR count). The van der Waals surface area contributed by atoms with Crippen molar-refractivity contribution >= 4 is 9.84 Å². The van der Waals surface area contributed by atoms with E-state index in [9.17, 15) is 8.42 Å². The molecule has 24 heavy (non-hydrogen) atoms. The molecule has 122 valence electrons. The van der Waals surface area contributed by atoms with E-state index < -0.39 is 9.84 Å². The van der Waals surface area contributed by atoms with Crippen LogP contribution in [0.2, 0.25) is 0 Å². The Bertz CT molecular complexity index is 944. The number of sulfone groups is 1. The Morgan fingerprint density at radius 3 is 2.04 bits per heavy atom. The third-order valence-corrected chi connectivity index (χ3v) is 5.66. The van der Waals surface area contributed by atoms with Crippen molar-refractivity contribution in [2.75, 3.05) is 0 Å². The minimum Gasteiger partial charge on any atom is -0.457 e. The summed E-state index contributed by atoms with van der Waals surface area (Å²) in [4.78, 5) is 0.607. The van der Waals surface area contributed by atoms with Gasteiger partial charge in [-0.1, -0.05) is 30.3 Å². The van der Waals surface area contributed by atoms with Gasteiger partial charge >= 0.3 is 0 Å². The van der Waals surface area contributed by atoms with Gasteiger partial charge in [0, 0.05) is 0 Å². The van der Waals surface area contributed by atoms with Crippen LogP contribution in [-0.2, 0) is 9.84 Å². The van der Waals surface area contributed by atoms with E-state index in [1.54, 1.807) is 37.3 Å². The van der Waals surface area contributed by atoms with Crippen LogP contribution in [0.1, 0.15) is 11.1 Å². The maximum Gasteiger partial charge on any atom is 0.206 e. The predicted molar refractivity (Wildman–Crippen MR) is 94.3 cm³/mol. The smallest absolute Gasteiger partial charge is 0.206 e. The van der Waals surface area contributed by atoms with Gasteiger partial charge in [-0.05, 0) is 67.4 Å². The highest BCUT2D eigenvalue weighted by Crippen LogP contribution is 2.27. The van der Waals surface area contributed by atoms with Crippen molar-refractivity contribution in [3.05, 3.63) is 83.9 Å². The molecule has 0 radical (unpaired) electrons. The van der Waals surface area contributed by atoms with Gasteiger partial charge in [0.2, 0.25) is 9.84 Å². The van der Waals surface area contributed by atoms with Crippen molar-refractivity contribution in [1.82, 2.24) is 0 Å². The summed E-state index contributed by atoms with van der Waals surface area (Å²) in [5, 5.41) is 0. The molecule has 3 aromatic carbocycles. The van der Waals surface area contributed by atoms with Gasteiger partial charge in [-0.25, -0.2) is 8.42 Å². The van der Waals surface area contributed by atoms with E-state index in [2.05, 4.69) is 0 Å². The first-order valence-electron chi connectivity index (χ1n) is 7.62. The van der Waals surface area contributed by atoms with Crippen LogP contribution < -0.4 is 4.74 Å². The van der Waals surface area contributed by atoms with Crippen molar-refractivity contribution in [2.45, 2.75) is 23.6 Å². The fourth-order valence-electron chi connectivity index (χ4n) is 2.44. The van der Waals surface area contributed by atoms with Gasteiger partial charge in [-0.3, -0.25) is 0 Å². The first-order chi connectivity index (χ1) is 11.5. The first-order valence-corrected chi connectivity index (χ1v) is 9.10. The summed E-state index contributed by atoms with van der Waals surface area (Å²) in [5.41, 5.74) is 1.66. The molecule has 0 aliphatic rings. The molecule has 0 amide bonds. The van der Waals surface area contributed by atoms with Crippen molar-refractivity contribution in [3.63, 3.8) is 0 Å². The number of hydrogen-bond acceptors (Lipinski definition) is 3. The summed E-state index contributed by atoms with van der Waals surface area (Å²) in [6.45, 7) is 3.69. The molecular weight excluding hydrogens is 320 g/mol. The van der Waals surface area contributed by atoms with E-state index in [1.807, 2.05) is 49.4 Å². The van der Waals surface area contributed by atoms with Crippen LogP contribution in [0.25, 0.3) is 0 Å². The highest BCUT2D eigenvalue weighted by molar-refractivity contribution is 7.91. The monoisotopic (exact) mass is 338 g/mol.